The molecule has 1 heterocycles. The summed E-state index contributed by atoms with van der Waals surface area (Å²) in [5, 5.41) is 1.41. The zero-order valence-electron chi connectivity index (χ0n) is 14.9. The second-order valence-corrected chi connectivity index (χ2v) is 7.78. The quantitative estimate of drug-likeness (QED) is 0.252. The molecule has 138 valence electrons. The molecule has 0 aliphatic rings. The molecule has 0 saturated carbocycles. The largest absolute Gasteiger partial charge is 0.423 e. The van der Waals surface area contributed by atoms with Crippen molar-refractivity contribution in [1.29, 1.82) is 0 Å². The third-order valence-corrected chi connectivity index (χ3v) is 5.13. The molecule has 0 N–H and O–H groups in total. The van der Waals surface area contributed by atoms with E-state index in [1.165, 1.54) is 0 Å². The molecule has 28 heavy (non-hydrogen) atoms. The van der Waals surface area contributed by atoms with Gasteiger partial charge in [0.25, 0.3) is 0 Å². The van der Waals surface area contributed by atoms with Crippen LogP contribution in [0.5, 0.6) is 5.75 Å². The van der Waals surface area contributed by atoms with Crippen molar-refractivity contribution in [1.82, 2.24) is 4.98 Å². The number of hydrogen-bond donors (Lipinski definition) is 0. The Hall–Kier alpha value is -2.69. The Kier molecular flexibility index (Phi) is 5.16. The standard InChI is InChI=1S/C23H15BrClNO2/c1-14-2-11-21-19(12-14)20(23(27)28-18-9-5-16(24)6-10-18)13-22(26-21)15-3-7-17(25)8-4-15/h2-13H,1H3. The molecule has 0 spiro atoms. The van der Waals surface area contributed by atoms with E-state index in [0.717, 1.165) is 26.5 Å². The Balaban J connectivity index is 1.82. The SMILES string of the molecule is Cc1ccc2nc(-c3ccc(Cl)cc3)cc(C(=O)Oc3ccc(Br)cc3)c2c1. The summed E-state index contributed by atoms with van der Waals surface area (Å²) in [6.45, 7) is 1.98. The summed E-state index contributed by atoms with van der Waals surface area (Å²) < 4.78 is 6.52. The molecule has 0 atom stereocenters. The minimum absolute atomic E-state index is 0.421. The van der Waals surface area contributed by atoms with Crippen LogP contribution in [-0.2, 0) is 0 Å². The van der Waals surface area contributed by atoms with Crippen LogP contribution in [0.1, 0.15) is 15.9 Å². The Morgan fingerprint density at radius 1 is 0.964 bits per heavy atom. The van der Waals surface area contributed by atoms with E-state index in [9.17, 15) is 4.79 Å². The molecule has 0 fully saturated rings. The molecule has 4 aromatic rings. The Morgan fingerprint density at radius 2 is 1.68 bits per heavy atom. The van der Waals surface area contributed by atoms with Gasteiger partial charge in [-0.1, -0.05) is 51.3 Å². The van der Waals surface area contributed by atoms with Crippen molar-refractivity contribution in [3.8, 4) is 17.0 Å². The average Bonchev–Trinajstić information content (AvgIpc) is 2.69. The molecule has 1 aromatic heterocycles. The number of carbonyl (C=O) groups excluding carboxylic acids is 1. The molecule has 0 radical (unpaired) electrons. The summed E-state index contributed by atoms with van der Waals surface area (Å²) in [7, 11) is 0. The first-order chi connectivity index (χ1) is 13.5. The number of esters is 1. The molecule has 4 rings (SSSR count). The second-order valence-electron chi connectivity index (χ2n) is 6.43. The van der Waals surface area contributed by atoms with Crippen LogP contribution in [-0.4, -0.2) is 11.0 Å². The molecule has 3 nitrogen and oxygen atoms in total. The highest BCUT2D eigenvalue weighted by molar-refractivity contribution is 9.10. The maximum absolute atomic E-state index is 13.0. The van der Waals surface area contributed by atoms with Crippen LogP contribution in [0.15, 0.2) is 77.3 Å². The topological polar surface area (TPSA) is 39.2 Å². The summed E-state index contributed by atoms with van der Waals surface area (Å²) in [5.41, 5.74) is 3.83. The summed E-state index contributed by atoms with van der Waals surface area (Å²) >= 11 is 9.38. The summed E-state index contributed by atoms with van der Waals surface area (Å²) in [6, 6.07) is 22.1. The van der Waals surface area contributed by atoms with Crippen molar-refractivity contribution >= 4 is 44.4 Å². The van der Waals surface area contributed by atoms with Crippen molar-refractivity contribution in [2.75, 3.05) is 0 Å². The lowest BCUT2D eigenvalue weighted by Crippen LogP contribution is -2.10. The zero-order valence-corrected chi connectivity index (χ0v) is 17.3. The highest BCUT2D eigenvalue weighted by Crippen LogP contribution is 2.28. The minimum atomic E-state index is -0.421. The predicted octanol–water partition coefficient (Wildman–Crippen LogP) is 6.85. The minimum Gasteiger partial charge on any atom is -0.423 e. The number of aromatic nitrogens is 1. The maximum atomic E-state index is 13.0. The first-order valence-corrected chi connectivity index (χ1v) is 9.82. The van der Waals surface area contributed by atoms with Crippen LogP contribution in [0.25, 0.3) is 22.2 Å². The Morgan fingerprint density at radius 3 is 2.39 bits per heavy atom. The first-order valence-electron chi connectivity index (χ1n) is 8.65. The molecule has 0 amide bonds. The molecule has 0 unspecified atom stereocenters. The van der Waals surface area contributed by atoms with Crippen molar-refractivity contribution in [3.05, 3.63) is 93.4 Å². The Bertz CT molecular complexity index is 1170. The fraction of sp³-hybridized carbons (Fsp3) is 0.0435. The molecule has 0 bridgehead atoms. The van der Waals surface area contributed by atoms with Gasteiger partial charge in [0.2, 0.25) is 0 Å². The van der Waals surface area contributed by atoms with Gasteiger partial charge in [-0.3, -0.25) is 0 Å². The first kappa shape index (κ1) is 18.7. The highest BCUT2D eigenvalue weighted by atomic mass is 79.9. The van der Waals surface area contributed by atoms with Gasteiger partial charge < -0.3 is 4.74 Å². The van der Waals surface area contributed by atoms with Crippen molar-refractivity contribution in [3.63, 3.8) is 0 Å². The lowest BCUT2D eigenvalue weighted by atomic mass is 10.0. The normalized spacial score (nSPS) is 10.8. The van der Waals surface area contributed by atoms with Crippen LogP contribution in [0.4, 0.5) is 0 Å². The average molecular weight is 453 g/mol. The third kappa shape index (κ3) is 3.93. The van der Waals surface area contributed by atoms with Crippen molar-refractivity contribution in [2.24, 2.45) is 0 Å². The predicted molar refractivity (Wildman–Crippen MR) is 116 cm³/mol. The number of rotatable bonds is 3. The van der Waals surface area contributed by atoms with Crippen molar-refractivity contribution < 1.29 is 9.53 Å². The van der Waals surface area contributed by atoms with Gasteiger partial charge >= 0.3 is 5.97 Å². The van der Waals surface area contributed by atoms with Gasteiger partial charge in [-0.25, -0.2) is 9.78 Å². The van der Waals surface area contributed by atoms with E-state index >= 15 is 0 Å². The van der Waals surface area contributed by atoms with Crippen LogP contribution in [0, 0.1) is 6.92 Å². The third-order valence-electron chi connectivity index (χ3n) is 4.35. The second kappa shape index (κ2) is 7.74. The van der Waals surface area contributed by atoms with E-state index < -0.39 is 5.97 Å². The molecule has 0 aliphatic carbocycles. The highest BCUT2D eigenvalue weighted by Gasteiger charge is 2.16. The molecular weight excluding hydrogens is 438 g/mol. The van der Waals surface area contributed by atoms with E-state index in [1.54, 1.807) is 30.3 Å². The molecule has 5 heteroatoms. The number of ether oxygens (including phenoxy) is 1. The number of aryl methyl sites for hydroxylation is 1. The van der Waals surface area contributed by atoms with Crippen LogP contribution in [0.3, 0.4) is 0 Å². The number of halogens is 2. The van der Waals surface area contributed by atoms with Gasteiger partial charge in [-0.15, -0.1) is 0 Å². The zero-order chi connectivity index (χ0) is 19.7. The number of pyridine rings is 1. The van der Waals surface area contributed by atoms with E-state index in [-0.39, 0.29) is 0 Å². The molecule has 0 saturated heterocycles. The Labute approximate surface area is 176 Å². The summed E-state index contributed by atoms with van der Waals surface area (Å²) in [6.07, 6.45) is 0. The van der Waals surface area contributed by atoms with Gasteiger partial charge in [0.15, 0.2) is 0 Å². The van der Waals surface area contributed by atoms with Crippen LogP contribution < -0.4 is 4.74 Å². The molecule has 3 aromatic carbocycles. The van der Waals surface area contributed by atoms with Gasteiger partial charge in [0.1, 0.15) is 5.75 Å². The number of benzene rings is 3. The number of carbonyl (C=O) groups is 1. The number of nitrogens with zero attached hydrogens (tertiary/aromatic N) is 1. The van der Waals surface area contributed by atoms with E-state index in [0.29, 0.717) is 22.0 Å². The van der Waals surface area contributed by atoms with Gasteiger partial charge in [-0.2, -0.15) is 0 Å². The van der Waals surface area contributed by atoms with Gasteiger partial charge in [-0.05, 0) is 61.5 Å². The lowest BCUT2D eigenvalue weighted by Gasteiger charge is -2.11. The van der Waals surface area contributed by atoms with E-state index in [2.05, 4.69) is 15.9 Å². The monoisotopic (exact) mass is 451 g/mol. The summed E-state index contributed by atoms with van der Waals surface area (Å²) in [5.74, 6) is 0.0643. The lowest BCUT2D eigenvalue weighted by molar-refractivity contribution is 0.0737. The van der Waals surface area contributed by atoms with Gasteiger partial charge in [0, 0.05) is 20.4 Å². The fourth-order valence-corrected chi connectivity index (χ4v) is 3.33. The summed E-state index contributed by atoms with van der Waals surface area (Å²) in [4.78, 5) is 17.7. The number of fused-ring (bicyclic) bond motifs is 1. The number of hydrogen-bond acceptors (Lipinski definition) is 3. The van der Waals surface area contributed by atoms with E-state index in [4.69, 9.17) is 21.3 Å². The van der Waals surface area contributed by atoms with Crippen LogP contribution >= 0.6 is 27.5 Å². The fourth-order valence-electron chi connectivity index (χ4n) is 2.94. The van der Waals surface area contributed by atoms with Gasteiger partial charge in [0.05, 0.1) is 16.8 Å². The van der Waals surface area contributed by atoms with Crippen molar-refractivity contribution in [2.45, 2.75) is 6.92 Å². The maximum Gasteiger partial charge on any atom is 0.344 e. The smallest absolute Gasteiger partial charge is 0.344 e. The van der Waals surface area contributed by atoms with E-state index in [1.807, 2.05) is 49.4 Å². The molecular formula is C23H15BrClNO2. The molecule has 0 aliphatic heterocycles. The van der Waals surface area contributed by atoms with Crippen LogP contribution in [0.2, 0.25) is 5.02 Å².